The van der Waals surface area contributed by atoms with Crippen molar-refractivity contribution in [3.8, 4) is 0 Å². The Morgan fingerprint density at radius 3 is 0.703 bits per heavy atom. The SMILES string of the molecule is CC(=O)N[C@H]1[C@H](O[C@H]2[C@H](O[C@H]3[C@H](O)[C@@H](CO)O[C@@H](O[C@H]4[C@H](O[C@H]5[C@H](O)[C@@H](CO)O[C@@H](O[C@H]6[C@H](O[C@H]7[C@H](O)[C@@H](CO)OC(O)[C@@H]7NC(C)=O)O[C@H](CO)[C@H](O)[C@@H]6O)[C@@H]5NC(C)=O)O[C@H](CO)[C@H](O)[C@@H]4O)[C@@H]3NC(C)=O)O[C@H](CO)[C@H](O)[C@@H]2O)O[C@H](CO)[C@@H](O)[C@@H]1O[C@@H]1O[C@H](CO)[C@H](O)[C@H](O)[C@H]1O. The Balaban J connectivity index is 1.12. The van der Waals surface area contributed by atoms with E-state index in [0.717, 1.165) is 27.7 Å². The van der Waals surface area contributed by atoms with E-state index in [2.05, 4.69) is 21.3 Å². The predicted molar refractivity (Wildman–Crippen MR) is 311 cm³/mol. The molecule has 0 aliphatic carbocycles. The van der Waals surface area contributed by atoms with E-state index in [1.807, 2.05) is 0 Å². The molecular weight excluding hydrogens is 1380 g/mol. The van der Waals surface area contributed by atoms with E-state index in [1.165, 1.54) is 0 Å². The van der Waals surface area contributed by atoms with Crippen molar-refractivity contribution in [3.63, 3.8) is 0 Å². The number of carbonyl (C=O) groups excluding carboxylic acids is 4. The van der Waals surface area contributed by atoms with Crippen molar-refractivity contribution in [2.45, 2.75) is 273 Å². The Bertz CT molecular complexity index is 2640. The maximum atomic E-state index is 13.3. The number of rotatable bonds is 26. The van der Waals surface area contributed by atoms with Gasteiger partial charge in [0.2, 0.25) is 23.6 Å². The molecule has 0 aromatic rings. The Morgan fingerprint density at radius 2 is 0.436 bits per heavy atom. The highest BCUT2D eigenvalue weighted by Gasteiger charge is 2.61. The summed E-state index contributed by atoms with van der Waals surface area (Å²) in [5.41, 5.74) is 0. The average Bonchev–Trinajstić information content (AvgIpc) is 0.769. The first-order valence-corrected chi connectivity index (χ1v) is 32.1. The van der Waals surface area contributed by atoms with Gasteiger partial charge in [-0.05, 0) is 0 Å². The van der Waals surface area contributed by atoms with Gasteiger partial charge in [-0.1, -0.05) is 0 Å². The normalized spacial score (nSPS) is 48.3. The lowest BCUT2D eigenvalue weighted by Gasteiger charge is -2.52. The molecule has 26 N–H and O–H groups in total. The first-order valence-electron chi connectivity index (χ1n) is 32.1. The molecule has 0 radical (unpaired) electrons. The van der Waals surface area contributed by atoms with Gasteiger partial charge < -0.3 is 205 Å². The summed E-state index contributed by atoms with van der Waals surface area (Å²) in [6, 6.07) is -7.59. The van der Waals surface area contributed by atoms with Crippen LogP contribution in [0, 0.1) is 0 Å². The van der Waals surface area contributed by atoms with Gasteiger partial charge in [0.05, 0.1) is 52.9 Å². The second kappa shape index (κ2) is 36.3. The Morgan fingerprint density at radius 1 is 0.238 bits per heavy atom. The molecule has 0 saturated carbocycles. The van der Waals surface area contributed by atoms with E-state index in [-0.39, 0.29) is 0 Å². The third-order valence-electron chi connectivity index (χ3n) is 18.3. The molecule has 8 aliphatic heterocycles. The van der Waals surface area contributed by atoms with Crippen LogP contribution in [0.4, 0.5) is 0 Å². The third-order valence-corrected chi connectivity index (χ3v) is 18.3. The van der Waals surface area contributed by atoms with Crippen molar-refractivity contribution in [3.05, 3.63) is 0 Å². The summed E-state index contributed by atoms with van der Waals surface area (Å²) in [4.78, 5) is 51.8. The fourth-order valence-electron chi connectivity index (χ4n) is 13.0. The minimum absolute atomic E-state index is 0.812. The molecule has 0 aromatic carbocycles. The van der Waals surface area contributed by atoms with Crippen molar-refractivity contribution in [2.24, 2.45) is 0 Å². The highest BCUT2D eigenvalue weighted by atomic mass is 16.8. The van der Waals surface area contributed by atoms with Gasteiger partial charge in [0.1, 0.15) is 195 Å². The number of amides is 4. The minimum atomic E-state index is -2.37. The van der Waals surface area contributed by atoms with Gasteiger partial charge in [-0.25, -0.2) is 0 Å². The average molecular weight is 1480 g/mol. The van der Waals surface area contributed by atoms with Crippen LogP contribution in [-0.2, 0) is 90.2 Å². The summed E-state index contributed by atoms with van der Waals surface area (Å²) in [5.74, 6) is -3.72. The monoisotopic (exact) mass is 1480 g/mol. The van der Waals surface area contributed by atoms with Crippen LogP contribution >= 0.6 is 0 Å². The summed E-state index contributed by atoms with van der Waals surface area (Å²) >= 11 is 0. The van der Waals surface area contributed by atoms with E-state index in [4.69, 9.17) is 71.1 Å². The smallest absolute Gasteiger partial charge is 0.217 e. The van der Waals surface area contributed by atoms with Gasteiger partial charge in [0.25, 0.3) is 0 Å². The van der Waals surface area contributed by atoms with Gasteiger partial charge in [0, 0.05) is 27.7 Å². The van der Waals surface area contributed by atoms with E-state index in [1.54, 1.807) is 0 Å². The van der Waals surface area contributed by atoms with Crippen LogP contribution in [0.15, 0.2) is 0 Å². The zero-order valence-electron chi connectivity index (χ0n) is 54.3. The quantitative estimate of drug-likeness (QED) is 0.0382. The Kier molecular flexibility index (Phi) is 29.9. The predicted octanol–water partition coefficient (Wildman–Crippen LogP) is -17.9. The lowest BCUT2D eigenvalue weighted by Crippen LogP contribution is -2.72. The lowest BCUT2D eigenvalue weighted by molar-refractivity contribution is -0.396. The number of nitrogens with one attached hydrogen (secondary N) is 4. The number of aliphatic hydroxyl groups excluding tert-OH is 22. The molecule has 8 aliphatic rings. The maximum Gasteiger partial charge on any atom is 0.217 e. The van der Waals surface area contributed by atoms with Gasteiger partial charge in [-0.15, -0.1) is 0 Å². The molecule has 101 heavy (non-hydrogen) atoms. The molecule has 0 aromatic heterocycles. The van der Waals surface area contributed by atoms with E-state index < -0.39 is 322 Å². The van der Waals surface area contributed by atoms with Gasteiger partial charge >= 0.3 is 0 Å². The molecule has 8 fully saturated rings. The summed E-state index contributed by atoms with van der Waals surface area (Å²) in [7, 11) is 0. The molecule has 8 heterocycles. The van der Waals surface area contributed by atoms with Crippen LogP contribution in [0.5, 0.6) is 0 Å². The van der Waals surface area contributed by atoms with Crippen molar-refractivity contribution in [2.75, 3.05) is 52.9 Å². The molecule has 45 heteroatoms. The highest BCUT2D eigenvalue weighted by Crippen LogP contribution is 2.40. The summed E-state index contributed by atoms with van der Waals surface area (Å²) in [6.45, 7) is -4.78. The number of ether oxygens (including phenoxy) is 15. The summed E-state index contributed by atoms with van der Waals surface area (Å²) in [6.07, 6.45) is -74.2. The molecule has 1 unspecified atom stereocenters. The number of hydrogen-bond donors (Lipinski definition) is 26. The van der Waals surface area contributed by atoms with Crippen LogP contribution in [0.3, 0.4) is 0 Å². The largest absolute Gasteiger partial charge is 0.394 e. The van der Waals surface area contributed by atoms with Crippen molar-refractivity contribution in [1.29, 1.82) is 0 Å². The van der Waals surface area contributed by atoms with Gasteiger partial charge in [-0.3, -0.25) is 19.2 Å². The standard InChI is InChI=1S/C56H94N4O41/c1-13(69)57-25-42(33(77)21(9-65)87-49(25)86)96-54-46(38(82)30(74)18(6-62)92-54)99-51-27(59-15(3)71)44(35(79)23(11-67)89-51)98-56-48(40(84)32(76)20(8-64)94-56)101-52-28(60-16(4)72)45(36(80)24(12-68)90-52)97-55-47(39(83)31(75)19(7-63)93-55)100-50-26(58-14(2)70)43(34(78)22(10-66)88-50)95-53-41(85)37(81)29(73)17(5-61)91-53/h17-56,61-68,73-86H,5-12H2,1-4H3,(H,57,69)(H,58,70)(H,59,71)(H,60,72)/t17-,18-,19-,20-,21-,22-,23-,24-,25-,26-,27-,28-,29+,30+,31+,32+,33-,34-,35-,36-,37+,38+,39+,40+,41-,42-,43-,44-,45-,46-,47-,48-,49?,50+,51+,52+,53+,54+,55+,56+/m1/s1. The van der Waals surface area contributed by atoms with Crippen molar-refractivity contribution in [1.82, 2.24) is 21.3 Å². The van der Waals surface area contributed by atoms with E-state index in [9.17, 15) is 132 Å². The van der Waals surface area contributed by atoms with Crippen LogP contribution in [-0.4, -0.2) is 434 Å². The van der Waals surface area contributed by atoms with Crippen molar-refractivity contribution >= 4 is 23.6 Å². The molecule has 40 atom stereocenters. The fraction of sp³-hybridized carbons (Fsp3) is 0.929. The molecule has 8 saturated heterocycles. The summed E-state index contributed by atoms with van der Waals surface area (Å²) < 4.78 is 89.3. The van der Waals surface area contributed by atoms with Gasteiger partial charge in [0.15, 0.2) is 50.3 Å². The zero-order valence-corrected chi connectivity index (χ0v) is 54.3. The van der Waals surface area contributed by atoms with Crippen LogP contribution in [0.1, 0.15) is 27.7 Å². The number of aliphatic hydroxyl groups is 22. The Labute approximate surface area is 572 Å². The lowest BCUT2D eigenvalue weighted by atomic mass is 9.93. The third kappa shape index (κ3) is 18.3. The first kappa shape index (κ1) is 83.0. The topological polar surface area (TPSA) is 700 Å². The summed E-state index contributed by atoms with van der Waals surface area (Å²) in [5, 5.41) is 252. The van der Waals surface area contributed by atoms with E-state index in [0.29, 0.717) is 0 Å². The minimum Gasteiger partial charge on any atom is -0.394 e. The highest BCUT2D eigenvalue weighted by molar-refractivity contribution is 5.74. The zero-order chi connectivity index (χ0) is 74.5. The van der Waals surface area contributed by atoms with Crippen LogP contribution in [0.2, 0.25) is 0 Å². The molecule has 8 rings (SSSR count). The molecule has 0 bridgehead atoms. The number of hydrogen-bond acceptors (Lipinski definition) is 41. The molecular formula is C56H94N4O41. The second-order valence-electron chi connectivity index (χ2n) is 25.3. The maximum absolute atomic E-state index is 13.3. The van der Waals surface area contributed by atoms with Gasteiger partial charge in [-0.2, -0.15) is 0 Å². The molecule has 4 amide bonds. The molecule has 584 valence electrons. The Hall–Kier alpha value is -3.60. The first-order chi connectivity index (χ1) is 47.8. The fourth-order valence-corrected chi connectivity index (χ4v) is 13.0. The molecule has 0 spiro atoms. The van der Waals surface area contributed by atoms with Crippen LogP contribution < -0.4 is 21.3 Å². The van der Waals surface area contributed by atoms with E-state index >= 15 is 0 Å². The second-order valence-corrected chi connectivity index (χ2v) is 25.3. The van der Waals surface area contributed by atoms with Crippen molar-refractivity contribution < 1.29 is 203 Å². The molecule has 45 nitrogen and oxygen atoms in total. The van der Waals surface area contributed by atoms with Crippen LogP contribution in [0.25, 0.3) is 0 Å². The number of carbonyl (C=O) groups is 4.